The van der Waals surface area contributed by atoms with E-state index < -0.39 is 11.0 Å². The highest BCUT2D eigenvalue weighted by molar-refractivity contribution is 5.75. The molecule has 3 aliphatic rings. The molecule has 8 heteroatoms. The van der Waals surface area contributed by atoms with Crippen LogP contribution in [0.25, 0.3) is 11.3 Å². The Kier molecular flexibility index (Phi) is 6.99. The molecule has 6 rings (SSSR count). The van der Waals surface area contributed by atoms with Crippen molar-refractivity contribution in [3.05, 3.63) is 89.0 Å². The average molecular weight is 528 g/mol. The fraction of sp³-hybridized carbons (Fsp3) is 0.452. The summed E-state index contributed by atoms with van der Waals surface area (Å²) in [5.74, 6) is 0. The Balaban J connectivity index is 1.23. The average Bonchev–Trinajstić information content (AvgIpc) is 3.46. The predicted molar refractivity (Wildman–Crippen MR) is 150 cm³/mol. The number of piperazine rings is 1. The number of carbonyl (C=O) groups is 1. The summed E-state index contributed by atoms with van der Waals surface area (Å²) in [6, 6.07) is 21.4. The molecule has 1 saturated carbocycles. The third-order valence-corrected chi connectivity index (χ3v) is 9.16. The standard InChI is InChI=1S/C31H37N5O3/c37-28-19-26(24-9-3-1-4-10-24)33-23-35(28)22-31(39)15-17-34(21-30(31)13-7-8-14-30)29(38)36-18-16-32-20-27(36)25-11-5-2-6-12-25/h1-6,9-12,19,23,27,32,39H,7-8,13-18,20-22H2/t27-,31+/m0/s1. The summed E-state index contributed by atoms with van der Waals surface area (Å²) in [5, 5.41) is 15.6. The normalized spacial score (nSPS) is 24.7. The van der Waals surface area contributed by atoms with E-state index in [9.17, 15) is 14.7 Å². The van der Waals surface area contributed by atoms with Gasteiger partial charge in [0, 0.05) is 49.8 Å². The molecular formula is C31H37N5O3. The van der Waals surface area contributed by atoms with Gasteiger partial charge in [-0.3, -0.25) is 9.36 Å². The van der Waals surface area contributed by atoms with Gasteiger partial charge in [0.25, 0.3) is 5.56 Å². The molecule has 2 amide bonds. The number of hydrogen-bond donors (Lipinski definition) is 2. The van der Waals surface area contributed by atoms with E-state index in [-0.39, 0.29) is 24.2 Å². The summed E-state index contributed by atoms with van der Waals surface area (Å²) in [6.07, 6.45) is 5.74. The molecule has 1 spiro atoms. The topological polar surface area (TPSA) is 90.7 Å². The summed E-state index contributed by atoms with van der Waals surface area (Å²) >= 11 is 0. The van der Waals surface area contributed by atoms with Crippen LogP contribution in [0.3, 0.4) is 0 Å². The highest BCUT2D eigenvalue weighted by atomic mass is 16.3. The minimum absolute atomic E-state index is 0.0134. The van der Waals surface area contributed by atoms with Crippen LogP contribution in [0.4, 0.5) is 4.79 Å². The smallest absolute Gasteiger partial charge is 0.320 e. The third-order valence-electron chi connectivity index (χ3n) is 9.16. The first-order chi connectivity index (χ1) is 19.0. The summed E-state index contributed by atoms with van der Waals surface area (Å²) in [6.45, 7) is 3.32. The van der Waals surface area contributed by atoms with Crippen LogP contribution in [-0.4, -0.2) is 68.8 Å². The summed E-state index contributed by atoms with van der Waals surface area (Å²) in [5.41, 5.74) is 0.963. The molecule has 0 bridgehead atoms. The van der Waals surface area contributed by atoms with Crippen molar-refractivity contribution in [3.8, 4) is 11.3 Å². The van der Waals surface area contributed by atoms with E-state index in [2.05, 4.69) is 22.4 Å². The van der Waals surface area contributed by atoms with Crippen LogP contribution < -0.4 is 10.9 Å². The summed E-state index contributed by atoms with van der Waals surface area (Å²) in [4.78, 5) is 35.6. The number of piperidine rings is 1. The molecule has 8 nitrogen and oxygen atoms in total. The number of nitrogens with one attached hydrogen (secondary N) is 1. The maximum absolute atomic E-state index is 13.9. The molecule has 1 aromatic heterocycles. The minimum atomic E-state index is -1.08. The second-order valence-corrected chi connectivity index (χ2v) is 11.4. The zero-order chi connectivity index (χ0) is 26.9. The van der Waals surface area contributed by atoms with Gasteiger partial charge in [0.2, 0.25) is 0 Å². The van der Waals surface area contributed by atoms with Gasteiger partial charge in [0.15, 0.2) is 0 Å². The Morgan fingerprint density at radius 1 is 1.00 bits per heavy atom. The van der Waals surface area contributed by atoms with Crippen LogP contribution >= 0.6 is 0 Å². The summed E-state index contributed by atoms with van der Waals surface area (Å²) < 4.78 is 1.55. The molecule has 3 heterocycles. The first-order valence-corrected chi connectivity index (χ1v) is 14.1. The number of hydrogen-bond acceptors (Lipinski definition) is 5. The quantitative estimate of drug-likeness (QED) is 0.540. The lowest BCUT2D eigenvalue weighted by atomic mass is 9.66. The van der Waals surface area contributed by atoms with E-state index in [0.29, 0.717) is 31.7 Å². The lowest BCUT2D eigenvalue weighted by molar-refractivity contribution is -0.137. The number of rotatable bonds is 4. The molecule has 3 aromatic rings. The molecule has 2 saturated heterocycles. The number of likely N-dealkylation sites (tertiary alicyclic amines) is 1. The molecule has 0 unspecified atom stereocenters. The molecule has 0 radical (unpaired) electrons. The van der Waals surface area contributed by atoms with Gasteiger partial charge < -0.3 is 20.2 Å². The van der Waals surface area contributed by atoms with Gasteiger partial charge in [-0.25, -0.2) is 9.78 Å². The Morgan fingerprint density at radius 3 is 2.44 bits per heavy atom. The molecule has 2 N–H and O–H groups in total. The van der Waals surface area contributed by atoms with Crippen LogP contribution in [-0.2, 0) is 6.54 Å². The fourth-order valence-corrected chi connectivity index (χ4v) is 6.94. The van der Waals surface area contributed by atoms with Crippen molar-refractivity contribution >= 4 is 6.03 Å². The van der Waals surface area contributed by atoms with E-state index >= 15 is 0 Å². The highest BCUT2D eigenvalue weighted by Gasteiger charge is 2.56. The summed E-state index contributed by atoms with van der Waals surface area (Å²) in [7, 11) is 0. The number of urea groups is 1. The Morgan fingerprint density at radius 2 is 1.72 bits per heavy atom. The minimum Gasteiger partial charge on any atom is -0.387 e. The van der Waals surface area contributed by atoms with Crippen molar-refractivity contribution in [3.63, 3.8) is 0 Å². The van der Waals surface area contributed by atoms with E-state index in [0.717, 1.165) is 49.9 Å². The largest absolute Gasteiger partial charge is 0.387 e. The monoisotopic (exact) mass is 527 g/mol. The van der Waals surface area contributed by atoms with Crippen LogP contribution in [0.1, 0.15) is 43.7 Å². The van der Waals surface area contributed by atoms with Crippen molar-refractivity contribution in [2.75, 3.05) is 32.7 Å². The van der Waals surface area contributed by atoms with Gasteiger partial charge in [-0.15, -0.1) is 0 Å². The van der Waals surface area contributed by atoms with Gasteiger partial charge >= 0.3 is 6.03 Å². The highest BCUT2D eigenvalue weighted by Crippen LogP contribution is 2.51. The molecule has 2 aliphatic heterocycles. The van der Waals surface area contributed by atoms with Crippen molar-refractivity contribution in [1.29, 1.82) is 0 Å². The first-order valence-electron chi connectivity index (χ1n) is 14.1. The van der Waals surface area contributed by atoms with E-state index in [1.165, 1.54) is 0 Å². The number of aliphatic hydroxyl groups is 1. The van der Waals surface area contributed by atoms with Gasteiger partial charge in [-0.1, -0.05) is 73.5 Å². The van der Waals surface area contributed by atoms with Gasteiger partial charge in [-0.05, 0) is 24.8 Å². The third kappa shape index (κ3) is 4.87. The van der Waals surface area contributed by atoms with E-state index in [4.69, 9.17) is 0 Å². The molecule has 39 heavy (non-hydrogen) atoms. The molecule has 2 atom stereocenters. The second kappa shape index (κ2) is 10.6. The zero-order valence-corrected chi connectivity index (χ0v) is 22.3. The number of nitrogens with zero attached hydrogens (tertiary/aromatic N) is 4. The maximum atomic E-state index is 13.9. The van der Waals surface area contributed by atoms with Crippen LogP contribution in [0.15, 0.2) is 77.9 Å². The Hall–Kier alpha value is -3.49. The SMILES string of the molecule is O=C(N1CC[C@@](O)(Cn2cnc(-c3ccccc3)cc2=O)C2(CCCC2)C1)N1CCNC[C@H]1c1ccccc1. The van der Waals surface area contributed by atoms with Gasteiger partial charge in [0.1, 0.15) is 0 Å². The first kappa shape index (κ1) is 25.8. The maximum Gasteiger partial charge on any atom is 0.320 e. The number of carbonyl (C=O) groups excluding carboxylic acids is 1. The van der Waals surface area contributed by atoms with E-state index in [1.54, 1.807) is 17.0 Å². The molecular weight excluding hydrogens is 490 g/mol. The van der Waals surface area contributed by atoms with Crippen molar-refractivity contribution in [2.24, 2.45) is 5.41 Å². The molecule has 2 aromatic carbocycles. The van der Waals surface area contributed by atoms with Crippen molar-refractivity contribution < 1.29 is 9.90 Å². The van der Waals surface area contributed by atoms with E-state index in [1.807, 2.05) is 58.3 Å². The number of benzene rings is 2. The Bertz CT molecular complexity index is 1360. The predicted octanol–water partition coefficient (Wildman–Crippen LogP) is 3.67. The Labute approximate surface area is 229 Å². The lowest BCUT2D eigenvalue weighted by Gasteiger charge is -2.53. The van der Waals surface area contributed by atoms with Gasteiger partial charge in [0.05, 0.1) is 30.2 Å². The number of amides is 2. The van der Waals surface area contributed by atoms with Crippen molar-refractivity contribution in [1.82, 2.24) is 24.7 Å². The molecule has 1 aliphatic carbocycles. The van der Waals surface area contributed by atoms with Crippen LogP contribution in [0.5, 0.6) is 0 Å². The number of aromatic nitrogens is 2. The molecule has 3 fully saturated rings. The van der Waals surface area contributed by atoms with Crippen LogP contribution in [0, 0.1) is 5.41 Å². The molecule has 204 valence electrons. The second-order valence-electron chi connectivity index (χ2n) is 11.4. The van der Waals surface area contributed by atoms with Crippen molar-refractivity contribution in [2.45, 2.75) is 50.3 Å². The fourth-order valence-electron chi connectivity index (χ4n) is 6.94. The van der Waals surface area contributed by atoms with Crippen LogP contribution in [0.2, 0.25) is 0 Å². The van der Waals surface area contributed by atoms with Gasteiger partial charge in [-0.2, -0.15) is 0 Å². The lowest BCUT2D eigenvalue weighted by Crippen LogP contribution is -2.64. The zero-order valence-electron chi connectivity index (χ0n) is 22.3.